The van der Waals surface area contributed by atoms with Crippen LogP contribution in [-0.2, 0) is 11.8 Å². The van der Waals surface area contributed by atoms with Gasteiger partial charge in [0.2, 0.25) is 0 Å². The van der Waals surface area contributed by atoms with Crippen LogP contribution in [0, 0.1) is 0 Å². The fourth-order valence-electron chi connectivity index (χ4n) is 2.84. The van der Waals surface area contributed by atoms with Crippen LogP contribution in [0.25, 0.3) is 16.9 Å². The summed E-state index contributed by atoms with van der Waals surface area (Å²) in [5.41, 5.74) is 5.46. The lowest BCUT2D eigenvalue weighted by Crippen LogP contribution is -2.11. The van der Waals surface area contributed by atoms with Gasteiger partial charge in [0.25, 0.3) is 0 Å². The van der Waals surface area contributed by atoms with E-state index in [-0.39, 0.29) is 12.0 Å². The molecular formula is C21H25N3O. The standard InChI is InChI=1S/C21H25N3O/c1-21(2,3)17-8-10-18(11-9-17)24-19(7-5-13-25)14-20(23-24)16-6-4-12-22-15-16/h4,6,8-12,14-15,25H,5,7,13H2,1-3H3. The molecule has 0 radical (unpaired) electrons. The minimum Gasteiger partial charge on any atom is -0.396 e. The van der Waals surface area contributed by atoms with Crippen LogP contribution in [0.5, 0.6) is 0 Å². The predicted molar refractivity (Wildman–Crippen MR) is 101 cm³/mol. The van der Waals surface area contributed by atoms with Gasteiger partial charge >= 0.3 is 0 Å². The van der Waals surface area contributed by atoms with E-state index in [0.29, 0.717) is 0 Å². The van der Waals surface area contributed by atoms with Crippen LogP contribution < -0.4 is 0 Å². The molecule has 0 spiro atoms. The summed E-state index contributed by atoms with van der Waals surface area (Å²) in [4.78, 5) is 4.18. The summed E-state index contributed by atoms with van der Waals surface area (Å²) in [6.45, 7) is 6.81. The zero-order valence-corrected chi connectivity index (χ0v) is 15.1. The summed E-state index contributed by atoms with van der Waals surface area (Å²) >= 11 is 0. The van der Waals surface area contributed by atoms with E-state index >= 15 is 0 Å². The van der Waals surface area contributed by atoms with E-state index < -0.39 is 0 Å². The Labute approximate surface area is 149 Å². The van der Waals surface area contributed by atoms with E-state index in [2.05, 4.69) is 56.1 Å². The van der Waals surface area contributed by atoms with Gasteiger partial charge in [-0.15, -0.1) is 0 Å². The van der Waals surface area contributed by atoms with Crippen LogP contribution in [0.2, 0.25) is 0 Å². The minimum absolute atomic E-state index is 0.128. The molecular weight excluding hydrogens is 310 g/mol. The second-order valence-corrected chi connectivity index (χ2v) is 7.30. The Balaban J connectivity index is 2.00. The van der Waals surface area contributed by atoms with Crippen molar-refractivity contribution in [3.05, 3.63) is 66.1 Å². The summed E-state index contributed by atoms with van der Waals surface area (Å²) in [7, 11) is 0. The molecule has 0 atom stereocenters. The number of aromatic nitrogens is 3. The van der Waals surface area contributed by atoms with Gasteiger partial charge in [-0.3, -0.25) is 4.98 Å². The van der Waals surface area contributed by atoms with Crippen molar-refractivity contribution in [3.63, 3.8) is 0 Å². The average molecular weight is 335 g/mol. The van der Waals surface area contributed by atoms with Crippen LogP contribution in [0.4, 0.5) is 0 Å². The number of aryl methyl sites for hydroxylation is 1. The Kier molecular flexibility index (Phi) is 5.00. The molecule has 0 bridgehead atoms. The zero-order chi connectivity index (χ0) is 17.9. The van der Waals surface area contributed by atoms with Gasteiger partial charge in [-0.1, -0.05) is 32.9 Å². The summed E-state index contributed by atoms with van der Waals surface area (Å²) in [5.74, 6) is 0. The number of aliphatic hydroxyl groups is 1. The molecule has 0 aliphatic carbocycles. The lowest BCUT2D eigenvalue weighted by Gasteiger charge is -2.19. The number of rotatable bonds is 5. The number of hydrogen-bond acceptors (Lipinski definition) is 3. The molecule has 0 aliphatic rings. The molecule has 25 heavy (non-hydrogen) atoms. The first-order valence-corrected chi connectivity index (χ1v) is 8.70. The summed E-state index contributed by atoms with van der Waals surface area (Å²) in [5, 5.41) is 14.0. The summed E-state index contributed by atoms with van der Waals surface area (Å²) in [6.07, 6.45) is 5.09. The summed E-state index contributed by atoms with van der Waals surface area (Å²) < 4.78 is 1.98. The van der Waals surface area contributed by atoms with Crippen LogP contribution in [0.15, 0.2) is 54.9 Å². The van der Waals surface area contributed by atoms with Crippen molar-refractivity contribution in [2.45, 2.75) is 39.0 Å². The van der Waals surface area contributed by atoms with Gasteiger partial charge in [-0.2, -0.15) is 5.10 Å². The highest BCUT2D eigenvalue weighted by atomic mass is 16.2. The van der Waals surface area contributed by atoms with Crippen molar-refractivity contribution in [1.82, 2.24) is 14.8 Å². The molecule has 0 amide bonds. The largest absolute Gasteiger partial charge is 0.396 e. The lowest BCUT2D eigenvalue weighted by molar-refractivity contribution is 0.287. The normalized spacial score (nSPS) is 11.7. The SMILES string of the molecule is CC(C)(C)c1ccc(-n2nc(-c3cccnc3)cc2CCCO)cc1. The van der Waals surface area contributed by atoms with Crippen LogP contribution in [-0.4, -0.2) is 26.5 Å². The van der Waals surface area contributed by atoms with Crippen molar-refractivity contribution < 1.29 is 5.11 Å². The zero-order valence-electron chi connectivity index (χ0n) is 15.1. The number of hydrogen-bond donors (Lipinski definition) is 1. The smallest absolute Gasteiger partial charge is 0.0945 e. The third kappa shape index (κ3) is 3.97. The second-order valence-electron chi connectivity index (χ2n) is 7.30. The first kappa shape index (κ1) is 17.4. The first-order chi connectivity index (χ1) is 12.0. The third-order valence-electron chi connectivity index (χ3n) is 4.31. The molecule has 1 aromatic carbocycles. The summed E-state index contributed by atoms with van der Waals surface area (Å²) in [6, 6.07) is 14.6. The first-order valence-electron chi connectivity index (χ1n) is 8.70. The minimum atomic E-state index is 0.128. The molecule has 2 aromatic heterocycles. The van der Waals surface area contributed by atoms with Gasteiger partial charge in [0.05, 0.1) is 11.4 Å². The molecule has 0 unspecified atom stereocenters. The van der Waals surface area contributed by atoms with E-state index in [0.717, 1.165) is 35.5 Å². The molecule has 1 N–H and O–H groups in total. The topological polar surface area (TPSA) is 50.9 Å². The van der Waals surface area contributed by atoms with Crippen LogP contribution in [0.3, 0.4) is 0 Å². The van der Waals surface area contributed by atoms with Crippen LogP contribution in [0.1, 0.15) is 38.4 Å². The monoisotopic (exact) mass is 335 g/mol. The number of pyridine rings is 1. The highest BCUT2D eigenvalue weighted by Crippen LogP contribution is 2.25. The van der Waals surface area contributed by atoms with Gasteiger partial charge in [0.15, 0.2) is 0 Å². The molecule has 3 rings (SSSR count). The van der Waals surface area contributed by atoms with Crippen molar-refractivity contribution in [1.29, 1.82) is 0 Å². The predicted octanol–water partition coefficient (Wildman–Crippen LogP) is 4.16. The second kappa shape index (κ2) is 7.19. The molecule has 4 heteroatoms. The van der Waals surface area contributed by atoms with Crippen molar-refractivity contribution in [2.75, 3.05) is 6.61 Å². The molecule has 0 aliphatic heterocycles. The van der Waals surface area contributed by atoms with Gasteiger partial charge < -0.3 is 5.11 Å². The Hall–Kier alpha value is -2.46. The van der Waals surface area contributed by atoms with Gasteiger partial charge in [-0.05, 0) is 54.2 Å². The van der Waals surface area contributed by atoms with Crippen LogP contribution >= 0.6 is 0 Å². The molecule has 130 valence electrons. The van der Waals surface area contributed by atoms with Crippen molar-refractivity contribution in [2.24, 2.45) is 0 Å². The fourth-order valence-corrected chi connectivity index (χ4v) is 2.84. The van der Waals surface area contributed by atoms with E-state index in [1.165, 1.54) is 5.56 Å². The van der Waals surface area contributed by atoms with Gasteiger partial charge in [-0.25, -0.2) is 4.68 Å². The Morgan fingerprint density at radius 2 is 1.84 bits per heavy atom. The molecule has 2 heterocycles. The Bertz CT molecular complexity index is 815. The highest BCUT2D eigenvalue weighted by molar-refractivity contribution is 5.59. The van der Waals surface area contributed by atoms with E-state index in [4.69, 9.17) is 5.10 Å². The number of nitrogens with zero attached hydrogens (tertiary/aromatic N) is 3. The third-order valence-corrected chi connectivity index (χ3v) is 4.31. The fraction of sp³-hybridized carbons (Fsp3) is 0.333. The number of aliphatic hydroxyl groups excluding tert-OH is 1. The molecule has 4 nitrogen and oxygen atoms in total. The maximum atomic E-state index is 9.20. The van der Waals surface area contributed by atoms with Crippen molar-refractivity contribution >= 4 is 0 Å². The molecule has 0 saturated heterocycles. The van der Waals surface area contributed by atoms with E-state index in [1.807, 2.05) is 23.0 Å². The molecule has 3 aromatic rings. The average Bonchev–Trinajstić information content (AvgIpc) is 3.04. The number of benzene rings is 1. The van der Waals surface area contributed by atoms with Crippen molar-refractivity contribution in [3.8, 4) is 16.9 Å². The Morgan fingerprint density at radius 3 is 2.44 bits per heavy atom. The highest BCUT2D eigenvalue weighted by Gasteiger charge is 2.15. The molecule has 0 fully saturated rings. The van der Waals surface area contributed by atoms with E-state index in [1.54, 1.807) is 6.20 Å². The Morgan fingerprint density at radius 1 is 1.08 bits per heavy atom. The lowest BCUT2D eigenvalue weighted by atomic mass is 9.87. The van der Waals surface area contributed by atoms with Gasteiger partial charge in [0, 0.05) is 30.3 Å². The van der Waals surface area contributed by atoms with Gasteiger partial charge in [0.1, 0.15) is 0 Å². The maximum absolute atomic E-state index is 9.20. The molecule has 0 saturated carbocycles. The quantitative estimate of drug-likeness (QED) is 0.762. The van der Waals surface area contributed by atoms with E-state index in [9.17, 15) is 5.11 Å². The maximum Gasteiger partial charge on any atom is 0.0945 e.